The van der Waals surface area contributed by atoms with Crippen molar-refractivity contribution in [3.05, 3.63) is 81.1 Å². The summed E-state index contributed by atoms with van der Waals surface area (Å²) in [6.07, 6.45) is 3.49. The highest BCUT2D eigenvalue weighted by atomic mass is 35.5. The Labute approximate surface area is 196 Å². The van der Waals surface area contributed by atoms with Crippen molar-refractivity contribution in [2.75, 3.05) is 5.32 Å². The lowest BCUT2D eigenvalue weighted by Gasteiger charge is -2.22. The molecule has 11 heteroatoms. The second kappa shape index (κ2) is 8.42. The van der Waals surface area contributed by atoms with Crippen molar-refractivity contribution in [3.8, 4) is 5.69 Å². The predicted molar refractivity (Wildman–Crippen MR) is 126 cm³/mol. The molecule has 0 bridgehead atoms. The summed E-state index contributed by atoms with van der Waals surface area (Å²) in [5.41, 5.74) is 1.45. The Morgan fingerprint density at radius 1 is 1.12 bits per heavy atom. The molecule has 0 fully saturated rings. The van der Waals surface area contributed by atoms with Gasteiger partial charge in [0.15, 0.2) is 11.5 Å². The van der Waals surface area contributed by atoms with Crippen molar-refractivity contribution in [1.82, 2.24) is 29.5 Å². The van der Waals surface area contributed by atoms with E-state index in [-0.39, 0.29) is 10.4 Å². The number of aromatic amines is 1. The first kappa shape index (κ1) is 21.3. The zero-order valence-electron chi connectivity index (χ0n) is 17.2. The highest BCUT2D eigenvalue weighted by Crippen LogP contribution is 2.29. The minimum atomic E-state index is -0.689. The number of imidazole rings is 1. The molecule has 33 heavy (non-hydrogen) atoms. The van der Waals surface area contributed by atoms with Gasteiger partial charge in [-0.1, -0.05) is 30.1 Å². The number of hydrogen-bond acceptors (Lipinski definition) is 6. The molecular formula is C22H16Cl2FN7O. The first-order valence-electron chi connectivity index (χ1n) is 10.0. The van der Waals surface area contributed by atoms with Crippen molar-refractivity contribution in [3.63, 3.8) is 0 Å². The van der Waals surface area contributed by atoms with Gasteiger partial charge in [-0.15, -0.1) is 0 Å². The normalized spacial score (nSPS) is 12.4. The average Bonchev–Trinajstić information content (AvgIpc) is 3.30. The maximum absolute atomic E-state index is 14.2. The van der Waals surface area contributed by atoms with Gasteiger partial charge in [-0.3, -0.25) is 9.36 Å². The number of aromatic nitrogens is 6. The average molecular weight is 484 g/mol. The summed E-state index contributed by atoms with van der Waals surface area (Å²) >= 11 is 12.2. The molecule has 0 aliphatic carbocycles. The SMILES string of the molecule is CCC(Nc1ncnc2[nH]cnc12)c1nc2ccc(F)c(Cl)c2c(=O)n1-c1ccc(Cl)cc1. The minimum Gasteiger partial charge on any atom is -0.358 e. The molecule has 0 saturated carbocycles. The van der Waals surface area contributed by atoms with Crippen LogP contribution < -0.4 is 10.9 Å². The fraction of sp³-hybridized carbons (Fsp3) is 0.136. The number of fused-ring (bicyclic) bond motifs is 2. The molecule has 2 N–H and O–H groups in total. The van der Waals surface area contributed by atoms with E-state index in [1.165, 1.54) is 29.4 Å². The van der Waals surface area contributed by atoms with Gasteiger partial charge in [-0.05, 0) is 42.8 Å². The molecule has 0 saturated heterocycles. The Morgan fingerprint density at radius 3 is 2.67 bits per heavy atom. The van der Waals surface area contributed by atoms with Gasteiger partial charge in [0.2, 0.25) is 0 Å². The summed E-state index contributed by atoms with van der Waals surface area (Å²) in [6, 6.07) is 8.90. The molecule has 0 aliphatic heterocycles. The van der Waals surface area contributed by atoms with E-state index < -0.39 is 17.4 Å². The highest BCUT2D eigenvalue weighted by molar-refractivity contribution is 6.35. The van der Waals surface area contributed by atoms with Crippen molar-refractivity contribution >= 4 is 51.1 Å². The van der Waals surface area contributed by atoms with Gasteiger partial charge < -0.3 is 10.3 Å². The molecule has 0 spiro atoms. The van der Waals surface area contributed by atoms with E-state index in [1.54, 1.807) is 24.3 Å². The van der Waals surface area contributed by atoms with E-state index in [9.17, 15) is 9.18 Å². The Hall–Kier alpha value is -3.56. The lowest BCUT2D eigenvalue weighted by Crippen LogP contribution is -2.28. The Kier molecular flexibility index (Phi) is 5.43. The molecule has 1 atom stereocenters. The molecule has 166 valence electrons. The number of nitrogens with one attached hydrogen (secondary N) is 2. The fourth-order valence-corrected chi connectivity index (χ4v) is 4.05. The third-order valence-electron chi connectivity index (χ3n) is 5.29. The van der Waals surface area contributed by atoms with Gasteiger partial charge in [-0.25, -0.2) is 24.3 Å². The summed E-state index contributed by atoms with van der Waals surface area (Å²) in [4.78, 5) is 34.0. The van der Waals surface area contributed by atoms with Crippen LogP contribution in [0.2, 0.25) is 10.0 Å². The minimum absolute atomic E-state index is 0.00180. The quantitative estimate of drug-likeness (QED) is 0.362. The van der Waals surface area contributed by atoms with Crippen LogP contribution in [0, 0.1) is 5.82 Å². The van der Waals surface area contributed by atoms with Crippen molar-refractivity contribution in [2.24, 2.45) is 0 Å². The number of nitrogens with zero attached hydrogens (tertiary/aromatic N) is 5. The topological polar surface area (TPSA) is 101 Å². The fourth-order valence-electron chi connectivity index (χ4n) is 3.68. The van der Waals surface area contributed by atoms with Gasteiger partial charge >= 0.3 is 0 Å². The number of benzene rings is 2. The number of rotatable bonds is 5. The summed E-state index contributed by atoms with van der Waals surface area (Å²) in [5, 5.41) is 3.57. The van der Waals surface area contributed by atoms with Gasteiger partial charge in [-0.2, -0.15) is 0 Å². The van der Waals surface area contributed by atoms with Gasteiger partial charge in [0.1, 0.15) is 23.5 Å². The molecule has 2 aromatic carbocycles. The molecule has 5 aromatic rings. The standard InChI is InChI=1S/C22H16Cl2FN7O/c1-2-14(30-20-18-19(27-9-26-18)28-10-29-20)21-31-15-8-7-13(25)17(24)16(15)22(33)32(21)12-5-3-11(23)4-6-12/h3-10,14H,2H2,1H3,(H2,26,27,28,29,30). The summed E-state index contributed by atoms with van der Waals surface area (Å²) < 4.78 is 15.6. The van der Waals surface area contributed by atoms with Gasteiger partial charge in [0.25, 0.3) is 5.56 Å². The first-order valence-corrected chi connectivity index (χ1v) is 10.8. The van der Waals surface area contributed by atoms with Crippen molar-refractivity contribution in [1.29, 1.82) is 0 Å². The zero-order chi connectivity index (χ0) is 23.1. The molecular weight excluding hydrogens is 468 g/mol. The Bertz CT molecular complexity index is 1550. The molecule has 3 aromatic heterocycles. The molecule has 8 nitrogen and oxygen atoms in total. The van der Waals surface area contributed by atoms with E-state index in [1.807, 2.05) is 6.92 Å². The highest BCUT2D eigenvalue weighted by Gasteiger charge is 2.23. The number of H-pyrrole nitrogens is 1. The van der Waals surface area contributed by atoms with E-state index in [0.29, 0.717) is 45.5 Å². The summed E-state index contributed by atoms with van der Waals surface area (Å²) in [5.74, 6) is 0.204. The van der Waals surface area contributed by atoms with Crippen LogP contribution in [0.15, 0.2) is 53.8 Å². The maximum Gasteiger partial charge on any atom is 0.267 e. The predicted octanol–water partition coefficient (Wildman–Crippen LogP) is 5.06. The third-order valence-corrected chi connectivity index (χ3v) is 5.91. The molecule has 1 unspecified atom stereocenters. The van der Waals surface area contributed by atoms with Gasteiger partial charge in [0.05, 0.1) is 34.0 Å². The smallest absolute Gasteiger partial charge is 0.267 e. The largest absolute Gasteiger partial charge is 0.358 e. The van der Waals surface area contributed by atoms with E-state index >= 15 is 0 Å². The zero-order valence-corrected chi connectivity index (χ0v) is 18.7. The van der Waals surface area contributed by atoms with Gasteiger partial charge in [0, 0.05) is 5.02 Å². The lowest BCUT2D eigenvalue weighted by atomic mass is 10.1. The second-order valence-corrected chi connectivity index (χ2v) is 8.08. The molecule has 0 radical (unpaired) electrons. The maximum atomic E-state index is 14.2. The van der Waals surface area contributed by atoms with Crippen LogP contribution in [-0.4, -0.2) is 29.5 Å². The monoisotopic (exact) mass is 483 g/mol. The van der Waals surface area contributed by atoms with Crippen LogP contribution in [0.3, 0.4) is 0 Å². The third kappa shape index (κ3) is 3.69. The Balaban J connectivity index is 1.75. The first-order chi connectivity index (χ1) is 16.0. The summed E-state index contributed by atoms with van der Waals surface area (Å²) in [7, 11) is 0. The van der Waals surface area contributed by atoms with Crippen LogP contribution in [0.1, 0.15) is 25.2 Å². The number of hydrogen-bond donors (Lipinski definition) is 2. The molecule has 3 heterocycles. The van der Waals surface area contributed by atoms with E-state index in [2.05, 4.69) is 25.3 Å². The van der Waals surface area contributed by atoms with Crippen LogP contribution in [-0.2, 0) is 0 Å². The van der Waals surface area contributed by atoms with Crippen molar-refractivity contribution < 1.29 is 4.39 Å². The van der Waals surface area contributed by atoms with Crippen LogP contribution in [0.4, 0.5) is 10.2 Å². The van der Waals surface area contributed by atoms with E-state index in [0.717, 1.165) is 0 Å². The molecule has 5 rings (SSSR count). The summed E-state index contributed by atoms with van der Waals surface area (Å²) in [6.45, 7) is 1.95. The molecule has 0 aliphatic rings. The lowest BCUT2D eigenvalue weighted by molar-refractivity contribution is 0.628. The van der Waals surface area contributed by atoms with Crippen LogP contribution in [0.5, 0.6) is 0 Å². The van der Waals surface area contributed by atoms with Crippen LogP contribution in [0.25, 0.3) is 27.8 Å². The number of anilines is 1. The number of halogens is 3. The van der Waals surface area contributed by atoms with Crippen LogP contribution >= 0.6 is 23.2 Å². The second-order valence-electron chi connectivity index (χ2n) is 7.27. The Morgan fingerprint density at radius 2 is 1.91 bits per heavy atom. The molecule has 0 amide bonds. The van der Waals surface area contributed by atoms with E-state index in [4.69, 9.17) is 28.2 Å². The van der Waals surface area contributed by atoms with Crippen molar-refractivity contribution in [2.45, 2.75) is 19.4 Å².